The van der Waals surface area contributed by atoms with E-state index in [2.05, 4.69) is 19.2 Å². The zero-order valence-electron chi connectivity index (χ0n) is 13.6. The second-order valence-corrected chi connectivity index (χ2v) is 6.49. The highest BCUT2D eigenvalue weighted by molar-refractivity contribution is 5.97. The summed E-state index contributed by atoms with van der Waals surface area (Å²) in [6.45, 7) is 4.12. The van der Waals surface area contributed by atoms with E-state index in [1.54, 1.807) is 0 Å². The van der Waals surface area contributed by atoms with Crippen LogP contribution in [-0.2, 0) is 22.4 Å². The second-order valence-electron chi connectivity index (χ2n) is 6.49. The van der Waals surface area contributed by atoms with Gasteiger partial charge in [-0.25, -0.2) is 0 Å². The van der Waals surface area contributed by atoms with Crippen molar-refractivity contribution >= 4 is 17.6 Å². The van der Waals surface area contributed by atoms with Crippen LogP contribution in [0.3, 0.4) is 0 Å². The molecular weight excluding hydrogens is 290 g/mol. The van der Waals surface area contributed by atoms with Crippen LogP contribution in [0.1, 0.15) is 31.4 Å². The Bertz CT molecular complexity index is 642. The monoisotopic (exact) mass is 313 g/mol. The smallest absolute Gasteiger partial charge is 0.307 e. The molecule has 1 fully saturated rings. The molecule has 1 aromatic rings. The average Bonchev–Trinajstić information content (AvgIpc) is 3.15. The van der Waals surface area contributed by atoms with Crippen molar-refractivity contribution in [3.63, 3.8) is 0 Å². The molecule has 0 aromatic heterocycles. The van der Waals surface area contributed by atoms with E-state index in [1.807, 2.05) is 30.4 Å². The summed E-state index contributed by atoms with van der Waals surface area (Å²) in [6.07, 6.45) is 6.43. The molecule has 122 valence electrons. The summed E-state index contributed by atoms with van der Waals surface area (Å²) >= 11 is 0. The van der Waals surface area contributed by atoms with Gasteiger partial charge < -0.3 is 10.4 Å². The van der Waals surface area contributed by atoms with Crippen LogP contribution < -0.4 is 5.32 Å². The van der Waals surface area contributed by atoms with Crippen molar-refractivity contribution < 1.29 is 14.7 Å². The second kappa shape index (κ2) is 6.19. The van der Waals surface area contributed by atoms with E-state index in [1.165, 1.54) is 0 Å². The van der Waals surface area contributed by atoms with Gasteiger partial charge in [0.25, 0.3) is 0 Å². The fourth-order valence-electron chi connectivity index (χ4n) is 4.13. The highest BCUT2D eigenvalue weighted by Gasteiger charge is 2.51. The Morgan fingerprint density at radius 2 is 1.65 bits per heavy atom. The van der Waals surface area contributed by atoms with Gasteiger partial charge in [0.1, 0.15) is 0 Å². The lowest BCUT2D eigenvalue weighted by atomic mass is 9.82. The summed E-state index contributed by atoms with van der Waals surface area (Å²) in [6, 6.07) is 6.04. The number of hydrogen-bond acceptors (Lipinski definition) is 2. The average molecular weight is 313 g/mol. The highest BCUT2D eigenvalue weighted by Crippen LogP contribution is 2.48. The molecule has 4 heteroatoms. The SMILES string of the molecule is CCc1cccc(CC)c1NC(=O)[C@@H]1[C@H](C(=O)O)[C@H]2C=C[C@H]1C2. The highest BCUT2D eigenvalue weighted by atomic mass is 16.4. The molecule has 2 aliphatic rings. The number of carboxylic acids is 1. The molecule has 3 rings (SSSR count). The van der Waals surface area contributed by atoms with Crippen molar-refractivity contribution in [3.8, 4) is 0 Å². The first-order valence-corrected chi connectivity index (χ1v) is 8.39. The third kappa shape index (κ3) is 2.67. The van der Waals surface area contributed by atoms with Crippen molar-refractivity contribution in [1.82, 2.24) is 0 Å². The third-order valence-electron chi connectivity index (χ3n) is 5.29. The van der Waals surface area contributed by atoms with Crippen LogP contribution in [0, 0.1) is 23.7 Å². The predicted molar refractivity (Wildman–Crippen MR) is 89.2 cm³/mol. The molecule has 0 heterocycles. The topological polar surface area (TPSA) is 66.4 Å². The molecule has 2 aliphatic carbocycles. The maximum Gasteiger partial charge on any atom is 0.307 e. The Hall–Kier alpha value is -2.10. The fourth-order valence-corrected chi connectivity index (χ4v) is 4.13. The quantitative estimate of drug-likeness (QED) is 0.820. The van der Waals surface area contributed by atoms with Gasteiger partial charge >= 0.3 is 5.97 Å². The van der Waals surface area contributed by atoms with Crippen molar-refractivity contribution in [2.45, 2.75) is 33.1 Å². The number of carbonyl (C=O) groups is 2. The number of nitrogens with one attached hydrogen (secondary N) is 1. The molecule has 1 saturated carbocycles. The molecule has 2 bridgehead atoms. The predicted octanol–water partition coefficient (Wildman–Crippen LogP) is 3.27. The Balaban J connectivity index is 1.88. The lowest BCUT2D eigenvalue weighted by Gasteiger charge is -2.25. The van der Waals surface area contributed by atoms with Crippen LogP contribution >= 0.6 is 0 Å². The van der Waals surface area contributed by atoms with Gasteiger partial charge in [0.2, 0.25) is 5.91 Å². The molecule has 1 amide bonds. The summed E-state index contributed by atoms with van der Waals surface area (Å²) in [5, 5.41) is 12.6. The maximum absolute atomic E-state index is 12.8. The molecule has 2 N–H and O–H groups in total. The molecule has 0 unspecified atom stereocenters. The first-order valence-electron chi connectivity index (χ1n) is 8.39. The van der Waals surface area contributed by atoms with Gasteiger partial charge in [0.15, 0.2) is 0 Å². The van der Waals surface area contributed by atoms with Gasteiger partial charge in [-0.15, -0.1) is 0 Å². The first-order chi connectivity index (χ1) is 11.1. The first kappa shape index (κ1) is 15.8. The molecule has 4 atom stereocenters. The molecule has 23 heavy (non-hydrogen) atoms. The number of para-hydroxylation sites is 1. The molecular formula is C19H23NO3. The fraction of sp³-hybridized carbons (Fsp3) is 0.474. The van der Waals surface area contributed by atoms with Crippen molar-refractivity contribution in [2.75, 3.05) is 5.32 Å². The van der Waals surface area contributed by atoms with E-state index in [0.717, 1.165) is 36.1 Å². The lowest BCUT2D eigenvalue weighted by Crippen LogP contribution is -2.36. The van der Waals surface area contributed by atoms with Crippen LogP contribution in [0.15, 0.2) is 30.4 Å². The zero-order valence-corrected chi connectivity index (χ0v) is 13.6. The zero-order chi connectivity index (χ0) is 16.6. The van der Waals surface area contributed by atoms with Crippen LogP contribution in [-0.4, -0.2) is 17.0 Å². The van der Waals surface area contributed by atoms with Gasteiger partial charge in [0, 0.05) is 5.69 Å². The number of carbonyl (C=O) groups excluding carboxylic acids is 1. The number of anilines is 1. The number of aryl methyl sites for hydroxylation is 2. The number of carboxylic acid groups (broad SMARTS) is 1. The number of aliphatic carboxylic acids is 1. The normalized spacial score (nSPS) is 28.1. The molecule has 4 nitrogen and oxygen atoms in total. The molecule has 0 spiro atoms. The number of rotatable bonds is 5. The number of fused-ring (bicyclic) bond motifs is 2. The van der Waals surface area contributed by atoms with E-state index in [4.69, 9.17) is 0 Å². The molecule has 0 radical (unpaired) electrons. The summed E-state index contributed by atoms with van der Waals surface area (Å²) in [5.41, 5.74) is 3.07. The third-order valence-corrected chi connectivity index (χ3v) is 5.29. The molecule has 1 aromatic carbocycles. The largest absolute Gasteiger partial charge is 0.481 e. The van der Waals surface area contributed by atoms with Gasteiger partial charge in [-0.05, 0) is 42.2 Å². The lowest BCUT2D eigenvalue weighted by molar-refractivity contribution is -0.146. The van der Waals surface area contributed by atoms with E-state index in [9.17, 15) is 14.7 Å². The minimum atomic E-state index is -0.860. The van der Waals surface area contributed by atoms with Gasteiger partial charge in [-0.2, -0.15) is 0 Å². The number of benzene rings is 1. The van der Waals surface area contributed by atoms with E-state index in [-0.39, 0.29) is 17.7 Å². The van der Waals surface area contributed by atoms with Gasteiger partial charge in [0.05, 0.1) is 11.8 Å². The van der Waals surface area contributed by atoms with Crippen molar-refractivity contribution in [3.05, 3.63) is 41.5 Å². The Labute approximate surface area is 136 Å². The minimum Gasteiger partial charge on any atom is -0.481 e. The number of hydrogen-bond donors (Lipinski definition) is 2. The van der Waals surface area contributed by atoms with E-state index >= 15 is 0 Å². The van der Waals surface area contributed by atoms with E-state index in [0.29, 0.717) is 0 Å². The Kier molecular flexibility index (Phi) is 4.24. The van der Waals surface area contributed by atoms with Crippen molar-refractivity contribution in [1.29, 1.82) is 0 Å². The molecule has 0 aliphatic heterocycles. The van der Waals surface area contributed by atoms with Crippen LogP contribution in [0.4, 0.5) is 5.69 Å². The number of allylic oxidation sites excluding steroid dienone is 2. The van der Waals surface area contributed by atoms with Crippen LogP contribution in [0.2, 0.25) is 0 Å². The van der Waals surface area contributed by atoms with Crippen LogP contribution in [0.25, 0.3) is 0 Å². The number of amides is 1. The van der Waals surface area contributed by atoms with Crippen LogP contribution in [0.5, 0.6) is 0 Å². The Morgan fingerprint density at radius 3 is 2.17 bits per heavy atom. The van der Waals surface area contributed by atoms with Crippen molar-refractivity contribution in [2.24, 2.45) is 23.7 Å². The standard InChI is InChI=1S/C19H23NO3/c1-3-11-6-5-7-12(4-2)17(11)20-18(21)15-13-8-9-14(10-13)16(15)19(22)23/h5-9,13-16H,3-4,10H2,1-2H3,(H,20,21)(H,22,23)/t13-,14-,15-,16+/m0/s1. The van der Waals surface area contributed by atoms with Gasteiger partial charge in [-0.1, -0.05) is 44.2 Å². The summed E-state index contributed by atoms with van der Waals surface area (Å²) in [7, 11) is 0. The van der Waals surface area contributed by atoms with Gasteiger partial charge in [-0.3, -0.25) is 9.59 Å². The molecule has 0 saturated heterocycles. The summed E-state index contributed by atoms with van der Waals surface area (Å²) < 4.78 is 0. The van der Waals surface area contributed by atoms with E-state index < -0.39 is 17.8 Å². The maximum atomic E-state index is 12.8. The summed E-state index contributed by atoms with van der Waals surface area (Å²) in [5.74, 6) is -2.01. The summed E-state index contributed by atoms with van der Waals surface area (Å²) in [4.78, 5) is 24.4. The minimum absolute atomic E-state index is 0.000291. The Morgan fingerprint density at radius 1 is 1.09 bits per heavy atom.